The second-order valence-corrected chi connectivity index (χ2v) is 9.79. The lowest BCUT2D eigenvalue weighted by atomic mass is 10.2. The van der Waals surface area contributed by atoms with Crippen molar-refractivity contribution in [1.82, 2.24) is 14.8 Å². The number of rotatable bonds is 8. The van der Waals surface area contributed by atoms with Gasteiger partial charge in [-0.2, -0.15) is 0 Å². The van der Waals surface area contributed by atoms with E-state index in [4.69, 9.17) is 0 Å². The largest absolute Gasteiger partial charge is 0.378 e. The molecule has 0 bridgehead atoms. The minimum absolute atomic E-state index is 0.0299. The molecule has 4 rings (SSSR count). The predicted octanol–water partition coefficient (Wildman–Crippen LogP) is 4.45. The van der Waals surface area contributed by atoms with Crippen molar-refractivity contribution in [3.63, 3.8) is 0 Å². The molecule has 1 N–H and O–H groups in total. The van der Waals surface area contributed by atoms with Gasteiger partial charge in [0.05, 0.1) is 5.25 Å². The summed E-state index contributed by atoms with van der Waals surface area (Å²) in [7, 11) is 3.99. The van der Waals surface area contributed by atoms with Gasteiger partial charge in [-0.15, -0.1) is 21.5 Å². The van der Waals surface area contributed by atoms with Gasteiger partial charge in [0.1, 0.15) is 5.82 Å². The summed E-state index contributed by atoms with van der Waals surface area (Å²) in [6.45, 7) is 1.92. The van der Waals surface area contributed by atoms with Crippen molar-refractivity contribution in [3.05, 3.63) is 52.5 Å². The Hall–Kier alpha value is -2.32. The highest BCUT2D eigenvalue weighted by Crippen LogP contribution is 2.40. The fourth-order valence-electron chi connectivity index (χ4n) is 3.08. The van der Waals surface area contributed by atoms with E-state index in [1.165, 1.54) is 16.6 Å². The summed E-state index contributed by atoms with van der Waals surface area (Å²) in [5.41, 5.74) is 1.90. The summed E-state index contributed by atoms with van der Waals surface area (Å²) < 4.78 is 2.24. The van der Waals surface area contributed by atoms with E-state index in [0.717, 1.165) is 41.6 Å². The lowest BCUT2D eigenvalue weighted by molar-refractivity contribution is -0.115. The highest BCUT2D eigenvalue weighted by atomic mass is 32.2. The Labute approximate surface area is 179 Å². The van der Waals surface area contributed by atoms with Crippen LogP contribution in [-0.4, -0.2) is 40.0 Å². The van der Waals surface area contributed by atoms with E-state index in [9.17, 15) is 4.79 Å². The first kappa shape index (κ1) is 20.0. The number of benzene rings is 1. The Kier molecular flexibility index (Phi) is 5.91. The van der Waals surface area contributed by atoms with Gasteiger partial charge in [0.25, 0.3) is 0 Å². The molecule has 1 aliphatic carbocycles. The molecule has 1 fully saturated rings. The maximum atomic E-state index is 12.7. The number of nitrogens with one attached hydrogen (secondary N) is 1. The van der Waals surface area contributed by atoms with Gasteiger partial charge in [0.2, 0.25) is 5.91 Å². The minimum atomic E-state index is -0.264. The SMILES string of the molecule is C[C@H](Sc1nnc(Cc2cccs2)n1C1CC1)C(=O)Nc1ccc(N(C)C)cc1. The fourth-order valence-corrected chi connectivity index (χ4v) is 4.71. The van der Waals surface area contributed by atoms with Crippen LogP contribution in [0.15, 0.2) is 46.9 Å². The molecule has 29 heavy (non-hydrogen) atoms. The zero-order chi connectivity index (χ0) is 20.4. The van der Waals surface area contributed by atoms with Crippen LogP contribution in [0.2, 0.25) is 0 Å². The van der Waals surface area contributed by atoms with Gasteiger partial charge < -0.3 is 14.8 Å². The predicted molar refractivity (Wildman–Crippen MR) is 120 cm³/mol. The Morgan fingerprint density at radius 2 is 2.03 bits per heavy atom. The first-order chi connectivity index (χ1) is 14.0. The second-order valence-electron chi connectivity index (χ2n) is 7.45. The van der Waals surface area contributed by atoms with Crippen LogP contribution in [0.1, 0.15) is 36.5 Å². The molecule has 1 atom stereocenters. The summed E-state index contributed by atoms with van der Waals surface area (Å²) in [6, 6.07) is 12.5. The minimum Gasteiger partial charge on any atom is -0.378 e. The molecule has 152 valence electrons. The number of hydrogen-bond acceptors (Lipinski definition) is 6. The van der Waals surface area contributed by atoms with E-state index in [1.807, 2.05) is 50.2 Å². The summed E-state index contributed by atoms with van der Waals surface area (Å²) >= 11 is 3.22. The molecule has 2 heterocycles. The number of hydrogen-bond donors (Lipinski definition) is 1. The molecule has 1 saturated carbocycles. The van der Waals surface area contributed by atoms with Crippen molar-refractivity contribution >= 4 is 40.4 Å². The number of aromatic nitrogens is 3. The van der Waals surface area contributed by atoms with Gasteiger partial charge in [-0.3, -0.25) is 4.79 Å². The highest BCUT2D eigenvalue weighted by molar-refractivity contribution is 8.00. The zero-order valence-corrected chi connectivity index (χ0v) is 18.5. The van der Waals surface area contributed by atoms with Gasteiger partial charge in [0.15, 0.2) is 5.16 Å². The lowest BCUT2D eigenvalue weighted by Crippen LogP contribution is -2.23. The van der Waals surface area contributed by atoms with E-state index >= 15 is 0 Å². The first-order valence-electron chi connectivity index (χ1n) is 9.72. The van der Waals surface area contributed by atoms with Crippen LogP contribution in [0.25, 0.3) is 0 Å². The fraction of sp³-hybridized carbons (Fsp3) is 0.381. The van der Waals surface area contributed by atoms with Crippen LogP contribution in [0.3, 0.4) is 0 Å². The Balaban J connectivity index is 1.43. The molecule has 0 spiro atoms. The van der Waals surface area contributed by atoms with Gasteiger partial charge in [-0.1, -0.05) is 17.8 Å². The quantitative estimate of drug-likeness (QED) is 0.538. The molecular weight excluding hydrogens is 402 g/mol. The monoisotopic (exact) mass is 427 g/mol. The molecule has 0 radical (unpaired) electrons. The molecule has 1 aromatic carbocycles. The van der Waals surface area contributed by atoms with Crippen molar-refractivity contribution in [2.45, 2.75) is 42.6 Å². The number of thiophene rings is 1. The number of thioether (sulfide) groups is 1. The van der Waals surface area contributed by atoms with E-state index < -0.39 is 0 Å². The third kappa shape index (κ3) is 4.82. The lowest BCUT2D eigenvalue weighted by Gasteiger charge is -2.15. The average molecular weight is 428 g/mol. The summed E-state index contributed by atoms with van der Waals surface area (Å²) in [4.78, 5) is 16.0. The third-order valence-corrected chi connectivity index (χ3v) is 6.80. The van der Waals surface area contributed by atoms with Crippen LogP contribution in [-0.2, 0) is 11.2 Å². The van der Waals surface area contributed by atoms with E-state index in [1.54, 1.807) is 11.3 Å². The third-order valence-electron chi connectivity index (χ3n) is 4.86. The number of anilines is 2. The average Bonchev–Trinajstić information content (AvgIpc) is 3.26. The van der Waals surface area contributed by atoms with Crippen LogP contribution < -0.4 is 10.2 Å². The molecule has 8 heteroatoms. The standard InChI is InChI=1S/C21H25N5OS2/c1-14(20(27)22-15-6-8-16(9-7-15)25(2)3)29-21-24-23-19(26(21)17-10-11-17)13-18-5-4-12-28-18/h4-9,12,14,17H,10-11,13H2,1-3H3,(H,22,27)/t14-/m0/s1. The van der Waals surface area contributed by atoms with Crippen LogP contribution in [0.4, 0.5) is 11.4 Å². The molecule has 0 saturated heterocycles. The molecule has 0 aliphatic heterocycles. The first-order valence-corrected chi connectivity index (χ1v) is 11.5. The normalized spacial score (nSPS) is 14.6. The summed E-state index contributed by atoms with van der Waals surface area (Å²) in [5.74, 6) is 0.960. The van der Waals surface area contributed by atoms with Crippen molar-refractivity contribution < 1.29 is 4.79 Å². The maximum absolute atomic E-state index is 12.7. The van der Waals surface area contributed by atoms with Crippen molar-refractivity contribution in [2.75, 3.05) is 24.3 Å². The van der Waals surface area contributed by atoms with E-state index in [-0.39, 0.29) is 11.2 Å². The smallest absolute Gasteiger partial charge is 0.237 e. The topological polar surface area (TPSA) is 63.1 Å². The Bertz CT molecular complexity index is 962. The molecule has 1 aliphatic rings. The molecule has 6 nitrogen and oxygen atoms in total. The van der Waals surface area contributed by atoms with Crippen molar-refractivity contribution in [3.8, 4) is 0 Å². The molecular formula is C21H25N5OS2. The molecule has 1 amide bonds. The Morgan fingerprint density at radius 1 is 1.28 bits per heavy atom. The summed E-state index contributed by atoms with van der Waals surface area (Å²) in [5, 5.41) is 14.5. The van der Waals surface area contributed by atoms with E-state index in [0.29, 0.717) is 6.04 Å². The van der Waals surface area contributed by atoms with Crippen LogP contribution in [0.5, 0.6) is 0 Å². The highest BCUT2D eigenvalue weighted by Gasteiger charge is 2.31. The number of nitrogens with zero attached hydrogens (tertiary/aromatic N) is 4. The van der Waals surface area contributed by atoms with E-state index in [2.05, 4.69) is 37.6 Å². The van der Waals surface area contributed by atoms with Crippen molar-refractivity contribution in [1.29, 1.82) is 0 Å². The second kappa shape index (κ2) is 8.59. The van der Waals surface area contributed by atoms with Gasteiger partial charge in [0, 0.05) is 42.8 Å². The Morgan fingerprint density at radius 3 is 2.66 bits per heavy atom. The van der Waals surface area contributed by atoms with Gasteiger partial charge in [-0.05, 0) is 55.5 Å². The number of carbonyl (C=O) groups is 1. The number of carbonyl (C=O) groups excluding carboxylic acids is 1. The molecule has 2 aromatic heterocycles. The van der Waals surface area contributed by atoms with Crippen LogP contribution in [0, 0.1) is 0 Å². The van der Waals surface area contributed by atoms with Crippen LogP contribution >= 0.6 is 23.1 Å². The zero-order valence-electron chi connectivity index (χ0n) is 16.8. The molecule has 0 unspecified atom stereocenters. The van der Waals surface area contributed by atoms with Gasteiger partial charge in [-0.25, -0.2) is 0 Å². The number of amides is 1. The maximum Gasteiger partial charge on any atom is 0.237 e. The summed E-state index contributed by atoms with van der Waals surface area (Å²) in [6.07, 6.45) is 3.10. The van der Waals surface area contributed by atoms with Crippen molar-refractivity contribution in [2.24, 2.45) is 0 Å². The van der Waals surface area contributed by atoms with Gasteiger partial charge >= 0.3 is 0 Å². The molecule has 3 aromatic rings.